The van der Waals surface area contributed by atoms with E-state index in [1.165, 1.54) is 5.56 Å². The van der Waals surface area contributed by atoms with E-state index in [4.69, 9.17) is 0 Å². The molecule has 0 saturated heterocycles. The van der Waals surface area contributed by atoms with Gasteiger partial charge in [0.25, 0.3) is 0 Å². The van der Waals surface area contributed by atoms with Crippen LogP contribution in [0.15, 0.2) is 30.6 Å². The fourth-order valence-electron chi connectivity index (χ4n) is 3.67. The first kappa shape index (κ1) is 14.4. The molecule has 0 unspecified atom stereocenters. The van der Waals surface area contributed by atoms with E-state index in [1.54, 1.807) is 6.33 Å². The smallest absolute Gasteiger partial charge is 0.241 e. The Morgan fingerprint density at radius 1 is 1.39 bits per heavy atom. The molecular formula is C17H21N5O. The van der Waals surface area contributed by atoms with Gasteiger partial charge in [0.15, 0.2) is 0 Å². The molecule has 1 aromatic heterocycles. The van der Waals surface area contributed by atoms with Crippen molar-refractivity contribution in [2.75, 3.05) is 11.4 Å². The highest BCUT2D eigenvalue weighted by molar-refractivity contribution is 5.97. The molecule has 0 fully saturated rings. The number of fused-ring (bicyclic) bond motifs is 2. The van der Waals surface area contributed by atoms with Crippen LogP contribution in [0.3, 0.4) is 0 Å². The Morgan fingerprint density at radius 3 is 3.17 bits per heavy atom. The summed E-state index contributed by atoms with van der Waals surface area (Å²) in [5, 5.41) is 7.62. The summed E-state index contributed by atoms with van der Waals surface area (Å²) in [7, 11) is 0. The topological polar surface area (TPSA) is 63.1 Å². The summed E-state index contributed by atoms with van der Waals surface area (Å²) in [5.41, 5.74) is 2.33. The number of carbonyl (C=O) groups excluding carboxylic acids is 1. The van der Waals surface area contributed by atoms with Crippen LogP contribution >= 0.6 is 0 Å². The van der Waals surface area contributed by atoms with Crippen molar-refractivity contribution in [1.29, 1.82) is 0 Å². The van der Waals surface area contributed by atoms with Crippen molar-refractivity contribution in [1.82, 2.24) is 20.1 Å². The molecular weight excluding hydrogens is 290 g/mol. The van der Waals surface area contributed by atoms with Crippen molar-refractivity contribution in [3.05, 3.63) is 42.0 Å². The highest BCUT2D eigenvalue weighted by Gasteiger charge is 2.30. The van der Waals surface area contributed by atoms with Gasteiger partial charge in [-0.1, -0.05) is 18.2 Å². The number of para-hydroxylation sites is 1. The number of hydrogen-bond acceptors (Lipinski definition) is 4. The van der Waals surface area contributed by atoms with E-state index < -0.39 is 0 Å². The molecule has 4 rings (SSSR count). The van der Waals surface area contributed by atoms with Gasteiger partial charge >= 0.3 is 0 Å². The molecule has 2 aliphatic rings. The van der Waals surface area contributed by atoms with Crippen molar-refractivity contribution >= 4 is 11.6 Å². The molecule has 2 aliphatic heterocycles. The van der Waals surface area contributed by atoms with Crippen LogP contribution in [0.1, 0.15) is 24.7 Å². The predicted molar refractivity (Wildman–Crippen MR) is 87.2 cm³/mol. The van der Waals surface area contributed by atoms with E-state index in [0.29, 0.717) is 6.54 Å². The number of aromatic nitrogens is 3. The van der Waals surface area contributed by atoms with E-state index in [9.17, 15) is 4.79 Å². The third-order valence-electron chi connectivity index (χ3n) is 4.82. The number of hydrogen-bond donors (Lipinski definition) is 1. The number of nitrogens with one attached hydrogen (secondary N) is 1. The van der Waals surface area contributed by atoms with E-state index in [1.807, 2.05) is 27.8 Å². The lowest BCUT2D eigenvalue weighted by molar-refractivity contribution is -0.118. The molecule has 1 amide bonds. The normalized spacial score (nSPS) is 22.7. The second-order valence-electron chi connectivity index (χ2n) is 6.42. The van der Waals surface area contributed by atoms with Gasteiger partial charge in [-0.2, -0.15) is 5.10 Å². The Bertz CT molecular complexity index is 725. The third-order valence-corrected chi connectivity index (χ3v) is 4.82. The Morgan fingerprint density at radius 2 is 2.26 bits per heavy atom. The molecule has 23 heavy (non-hydrogen) atoms. The van der Waals surface area contributed by atoms with Crippen LogP contribution < -0.4 is 10.2 Å². The number of carbonyl (C=O) groups is 1. The number of aryl methyl sites for hydroxylation is 1. The maximum absolute atomic E-state index is 12.7. The third kappa shape index (κ3) is 2.63. The van der Waals surface area contributed by atoms with Crippen molar-refractivity contribution in [2.45, 2.75) is 44.8 Å². The molecule has 2 atom stereocenters. The first-order chi connectivity index (χ1) is 11.2. The minimum Gasteiger partial charge on any atom is -0.308 e. The molecule has 0 spiro atoms. The average molecular weight is 311 g/mol. The Labute approximate surface area is 135 Å². The van der Waals surface area contributed by atoms with Crippen molar-refractivity contribution in [3.8, 4) is 0 Å². The number of anilines is 1. The predicted octanol–water partition coefficient (Wildman–Crippen LogP) is 1.16. The summed E-state index contributed by atoms with van der Waals surface area (Å²) in [6.45, 7) is 3.27. The molecule has 0 bridgehead atoms. The van der Waals surface area contributed by atoms with E-state index >= 15 is 0 Å². The first-order valence-electron chi connectivity index (χ1n) is 8.22. The molecule has 6 heteroatoms. The Balaban J connectivity index is 1.39. The van der Waals surface area contributed by atoms with Crippen LogP contribution in [-0.4, -0.2) is 39.3 Å². The van der Waals surface area contributed by atoms with Gasteiger partial charge in [0.1, 0.15) is 12.2 Å². The zero-order valence-corrected chi connectivity index (χ0v) is 13.3. The molecule has 0 aliphatic carbocycles. The summed E-state index contributed by atoms with van der Waals surface area (Å²) >= 11 is 0. The summed E-state index contributed by atoms with van der Waals surface area (Å²) in [6, 6.07) is 8.70. The van der Waals surface area contributed by atoms with E-state index in [2.05, 4.69) is 28.4 Å². The van der Waals surface area contributed by atoms with E-state index in [-0.39, 0.29) is 18.0 Å². The minimum atomic E-state index is 0.145. The molecule has 6 nitrogen and oxygen atoms in total. The van der Waals surface area contributed by atoms with Crippen LogP contribution in [-0.2, 0) is 24.2 Å². The largest absolute Gasteiger partial charge is 0.308 e. The second kappa shape index (κ2) is 5.77. The number of rotatable bonds is 3. The number of nitrogens with zero attached hydrogens (tertiary/aromatic N) is 4. The van der Waals surface area contributed by atoms with Gasteiger partial charge in [0.2, 0.25) is 5.91 Å². The van der Waals surface area contributed by atoms with Crippen molar-refractivity contribution in [3.63, 3.8) is 0 Å². The van der Waals surface area contributed by atoms with Crippen LogP contribution in [0.25, 0.3) is 0 Å². The highest BCUT2D eigenvalue weighted by Crippen LogP contribution is 2.31. The molecule has 0 radical (unpaired) electrons. The van der Waals surface area contributed by atoms with Gasteiger partial charge in [-0.3, -0.25) is 4.79 Å². The summed E-state index contributed by atoms with van der Waals surface area (Å²) in [6.07, 6.45) is 4.45. The summed E-state index contributed by atoms with van der Waals surface area (Å²) in [4.78, 5) is 18.9. The van der Waals surface area contributed by atoms with Gasteiger partial charge in [0, 0.05) is 24.2 Å². The molecule has 2 aromatic rings. The van der Waals surface area contributed by atoms with Gasteiger partial charge < -0.3 is 10.2 Å². The highest BCUT2D eigenvalue weighted by atomic mass is 16.2. The number of amides is 1. The van der Waals surface area contributed by atoms with Crippen LogP contribution in [0.4, 0.5) is 5.69 Å². The standard InChI is InChI=1S/C17H21N5O/c1-12-8-13-4-2-3-5-15(13)22(12)17(23)9-18-14-6-7-16-19-11-20-21(16)10-14/h2-5,11-12,14,18H,6-10H2,1H3/t12-,14+/m0/s1. The number of benzene rings is 1. The van der Waals surface area contributed by atoms with Gasteiger partial charge in [-0.05, 0) is 31.4 Å². The maximum atomic E-state index is 12.7. The molecule has 120 valence electrons. The fraction of sp³-hybridized carbons (Fsp3) is 0.471. The molecule has 1 N–H and O–H groups in total. The maximum Gasteiger partial charge on any atom is 0.241 e. The zero-order chi connectivity index (χ0) is 15.8. The van der Waals surface area contributed by atoms with Crippen LogP contribution in [0.2, 0.25) is 0 Å². The summed E-state index contributed by atoms with van der Waals surface area (Å²) < 4.78 is 1.93. The van der Waals surface area contributed by atoms with Gasteiger partial charge in [-0.25, -0.2) is 9.67 Å². The monoisotopic (exact) mass is 311 g/mol. The Kier molecular flexibility index (Phi) is 3.61. The van der Waals surface area contributed by atoms with Crippen LogP contribution in [0.5, 0.6) is 0 Å². The average Bonchev–Trinajstić information content (AvgIpc) is 3.15. The molecule has 0 saturated carbocycles. The molecule has 1 aromatic carbocycles. The SMILES string of the molecule is C[C@H]1Cc2ccccc2N1C(=O)CN[C@@H]1CCc2ncnn2C1. The lowest BCUT2D eigenvalue weighted by Gasteiger charge is -2.26. The zero-order valence-electron chi connectivity index (χ0n) is 13.3. The van der Waals surface area contributed by atoms with Gasteiger partial charge in [0.05, 0.1) is 13.1 Å². The quantitative estimate of drug-likeness (QED) is 0.924. The first-order valence-corrected chi connectivity index (χ1v) is 8.22. The lowest BCUT2D eigenvalue weighted by Crippen LogP contribution is -2.46. The summed E-state index contributed by atoms with van der Waals surface area (Å²) in [5.74, 6) is 1.18. The lowest BCUT2D eigenvalue weighted by atomic mass is 10.1. The van der Waals surface area contributed by atoms with Crippen molar-refractivity contribution < 1.29 is 4.79 Å². The van der Waals surface area contributed by atoms with Gasteiger partial charge in [-0.15, -0.1) is 0 Å². The Hall–Kier alpha value is -2.21. The van der Waals surface area contributed by atoms with Crippen molar-refractivity contribution in [2.24, 2.45) is 0 Å². The second-order valence-corrected chi connectivity index (χ2v) is 6.42. The van der Waals surface area contributed by atoms with Crippen LogP contribution in [0, 0.1) is 0 Å². The van der Waals surface area contributed by atoms with E-state index in [0.717, 1.165) is 37.3 Å². The molecule has 3 heterocycles. The minimum absolute atomic E-state index is 0.145. The fourth-order valence-corrected chi connectivity index (χ4v) is 3.67.